The Morgan fingerprint density at radius 3 is 2.92 bits per heavy atom. The minimum Gasteiger partial charge on any atom is -0.621 e. The minimum absolute atomic E-state index is 0.396. The number of nitrogens with zero attached hydrogens (tertiary/aromatic N) is 2. The van der Waals surface area contributed by atoms with E-state index in [2.05, 4.69) is 4.99 Å². The summed E-state index contributed by atoms with van der Waals surface area (Å²) in [5, 5.41) is 12.1. The molecular formula is C10H12N2O. The molecule has 0 radical (unpaired) electrons. The molecule has 1 heterocycles. The summed E-state index contributed by atoms with van der Waals surface area (Å²) in [7, 11) is 0. The molecule has 0 saturated carbocycles. The standard InChI is InChI=1S/C10H12N2O/c1-2-7-12(13)8-11-9-5-3-4-6-10(9)12/h3-6,8H,2,7H2,1H3. The average molecular weight is 176 g/mol. The third-order valence-corrected chi connectivity index (χ3v) is 2.23. The van der Waals surface area contributed by atoms with Crippen LogP contribution >= 0.6 is 0 Å². The number of rotatable bonds is 2. The van der Waals surface area contributed by atoms with E-state index in [-0.39, 0.29) is 0 Å². The van der Waals surface area contributed by atoms with Gasteiger partial charge in [-0.15, -0.1) is 0 Å². The molecule has 0 saturated heterocycles. The van der Waals surface area contributed by atoms with E-state index in [1.165, 1.54) is 6.34 Å². The first-order valence-corrected chi connectivity index (χ1v) is 4.50. The van der Waals surface area contributed by atoms with E-state index in [1.807, 2.05) is 31.2 Å². The molecule has 1 unspecified atom stereocenters. The van der Waals surface area contributed by atoms with Gasteiger partial charge >= 0.3 is 0 Å². The average Bonchev–Trinajstić information content (AvgIpc) is 2.46. The van der Waals surface area contributed by atoms with E-state index in [1.54, 1.807) is 0 Å². The van der Waals surface area contributed by atoms with Crippen molar-refractivity contribution in [3.05, 3.63) is 29.5 Å². The fraction of sp³-hybridized carbons (Fsp3) is 0.300. The lowest BCUT2D eigenvalue weighted by Gasteiger charge is -2.34. The Morgan fingerprint density at radius 1 is 1.38 bits per heavy atom. The summed E-state index contributed by atoms with van der Waals surface area (Å²) in [6, 6.07) is 7.51. The predicted octanol–water partition coefficient (Wildman–Crippen LogP) is 2.58. The number of hydrogen-bond donors (Lipinski definition) is 0. The Kier molecular flexibility index (Phi) is 1.90. The molecule has 0 aromatic heterocycles. The van der Waals surface area contributed by atoms with Crippen molar-refractivity contribution < 1.29 is 0 Å². The molecule has 68 valence electrons. The molecular weight excluding hydrogens is 164 g/mol. The SMILES string of the molecule is CCC[N+]1([O-])C=Nc2ccccc21. The second-order valence-corrected chi connectivity index (χ2v) is 3.25. The predicted molar refractivity (Wildman–Crippen MR) is 54.9 cm³/mol. The van der Waals surface area contributed by atoms with Gasteiger partial charge in [0.2, 0.25) is 0 Å². The Labute approximate surface area is 77.5 Å². The lowest BCUT2D eigenvalue weighted by atomic mass is 10.2. The van der Waals surface area contributed by atoms with Crippen molar-refractivity contribution in [2.75, 3.05) is 6.54 Å². The fourth-order valence-electron chi connectivity index (χ4n) is 1.62. The number of fused-ring (bicyclic) bond motifs is 1. The summed E-state index contributed by atoms with van der Waals surface area (Å²) in [6.45, 7) is 2.58. The fourth-order valence-corrected chi connectivity index (χ4v) is 1.62. The molecule has 3 heteroatoms. The summed E-state index contributed by atoms with van der Waals surface area (Å²) < 4.78 is -0.396. The second-order valence-electron chi connectivity index (χ2n) is 3.25. The van der Waals surface area contributed by atoms with Gasteiger partial charge in [0.15, 0.2) is 12.0 Å². The van der Waals surface area contributed by atoms with Crippen LogP contribution in [0.1, 0.15) is 13.3 Å². The first-order chi connectivity index (χ1) is 6.26. The highest BCUT2D eigenvalue weighted by atomic mass is 16.5. The van der Waals surface area contributed by atoms with Gasteiger partial charge in [0.1, 0.15) is 5.69 Å². The van der Waals surface area contributed by atoms with Crippen molar-refractivity contribution in [1.82, 2.24) is 4.65 Å². The van der Waals surface area contributed by atoms with Crippen molar-refractivity contribution in [1.29, 1.82) is 0 Å². The number of para-hydroxylation sites is 2. The van der Waals surface area contributed by atoms with Crippen LogP contribution in [0.15, 0.2) is 29.3 Å². The van der Waals surface area contributed by atoms with Gasteiger partial charge in [-0.05, 0) is 12.5 Å². The zero-order chi connectivity index (χ0) is 9.31. The minimum atomic E-state index is -0.396. The molecule has 0 amide bonds. The van der Waals surface area contributed by atoms with Crippen LogP contribution in [0.25, 0.3) is 0 Å². The van der Waals surface area contributed by atoms with Crippen LogP contribution in [-0.2, 0) is 0 Å². The van der Waals surface area contributed by atoms with Crippen molar-refractivity contribution in [3.63, 3.8) is 0 Å². The largest absolute Gasteiger partial charge is 0.621 e. The van der Waals surface area contributed by atoms with E-state index >= 15 is 0 Å². The normalized spacial score (nSPS) is 24.8. The first kappa shape index (κ1) is 8.41. The third-order valence-electron chi connectivity index (χ3n) is 2.23. The number of quaternary nitrogens is 1. The van der Waals surface area contributed by atoms with Gasteiger partial charge in [-0.1, -0.05) is 19.1 Å². The molecule has 0 aliphatic carbocycles. The van der Waals surface area contributed by atoms with Crippen molar-refractivity contribution >= 4 is 17.7 Å². The summed E-state index contributed by atoms with van der Waals surface area (Å²) in [4.78, 5) is 4.11. The molecule has 13 heavy (non-hydrogen) atoms. The zero-order valence-corrected chi connectivity index (χ0v) is 7.60. The Morgan fingerprint density at radius 2 is 2.15 bits per heavy atom. The highest BCUT2D eigenvalue weighted by Crippen LogP contribution is 2.36. The number of aliphatic imine (C=N–C) groups is 1. The van der Waals surface area contributed by atoms with E-state index < -0.39 is 4.65 Å². The van der Waals surface area contributed by atoms with Crippen molar-refractivity contribution in [2.45, 2.75) is 13.3 Å². The smallest absolute Gasteiger partial charge is 0.195 e. The van der Waals surface area contributed by atoms with Crippen molar-refractivity contribution in [3.8, 4) is 0 Å². The van der Waals surface area contributed by atoms with Gasteiger partial charge in [-0.2, -0.15) is 4.99 Å². The molecule has 1 atom stereocenters. The highest BCUT2D eigenvalue weighted by Gasteiger charge is 2.26. The van der Waals surface area contributed by atoms with Gasteiger partial charge in [0.05, 0.1) is 6.54 Å². The molecule has 3 nitrogen and oxygen atoms in total. The van der Waals surface area contributed by atoms with Gasteiger partial charge in [-0.25, -0.2) is 0 Å². The van der Waals surface area contributed by atoms with Gasteiger partial charge in [0.25, 0.3) is 0 Å². The lowest BCUT2D eigenvalue weighted by molar-refractivity contribution is 0.556. The highest BCUT2D eigenvalue weighted by molar-refractivity contribution is 5.89. The van der Waals surface area contributed by atoms with Crippen LogP contribution in [-0.4, -0.2) is 12.9 Å². The molecule has 1 aromatic carbocycles. The van der Waals surface area contributed by atoms with Crippen LogP contribution in [0.3, 0.4) is 0 Å². The van der Waals surface area contributed by atoms with Crippen LogP contribution in [0.5, 0.6) is 0 Å². The van der Waals surface area contributed by atoms with E-state index in [4.69, 9.17) is 0 Å². The summed E-state index contributed by atoms with van der Waals surface area (Å²) in [5.41, 5.74) is 1.58. The number of hydrogen-bond acceptors (Lipinski definition) is 2. The maximum atomic E-state index is 12.1. The Balaban J connectivity index is 2.42. The van der Waals surface area contributed by atoms with E-state index in [0.29, 0.717) is 6.54 Å². The number of benzene rings is 1. The van der Waals surface area contributed by atoms with Crippen LogP contribution in [0.4, 0.5) is 11.4 Å². The molecule has 0 bridgehead atoms. The van der Waals surface area contributed by atoms with Crippen LogP contribution in [0.2, 0.25) is 0 Å². The Bertz CT molecular complexity index is 349. The van der Waals surface area contributed by atoms with Gasteiger partial charge in [0, 0.05) is 6.07 Å². The maximum absolute atomic E-state index is 12.1. The van der Waals surface area contributed by atoms with Gasteiger partial charge < -0.3 is 5.21 Å². The lowest BCUT2D eigenvalue weighted by Crippen LogP contribution is -2.40. The van der Waals surface area contributed by atoms with Gasteiger partial charge in [-0.3, -0.25) is 4.65 Å². The summed E-state index contributed by atoms with van der Waals surface area (Å²) >= 11 is 0. The third kappa shape index (κ3) is 1.26. The number of hydroxylamine groups is 2. The van der Waals surface area contributed by atoms with Crippen LogP contribution in [0, 0.1) is 5.21 Å². The van der Waals surface area contributed by atoms with E-state index in [0.717, 1.165) is 17.8 Å². The Hall–Kier alpha value is -1.19. The molecule has 1 aliphatic heterocycles. The summed E-state index contributed by atoms with van der Waals surface area (Å²) in [5.74, 6) is 0. The molecule has 1 aliphatic rings. The monoisotopic (exact) mass is 176 g/mol. The zero-order valence-electron chi connectivity index (χ0n) is 7.60. The maximum Gasteiger partial charge on any atom is 0.195 e. The summed E-state index contributed by atoms with van der Waals surface area (Å²) in [6.07, 6.45) is 2.35. The van der Waals surface area contributed by atoms with Crippen LogP contribution < -0.4 is 4.65 Å². The van der Waals surface area contributed by atoms with E-state index in [9.17, 15) is 5.21 Å². The first-order valence-electron chi connectivity index (χ1n) is 4.50. The molecule has 2 rings (SSSR count). The molecule has 0 spiro atoms. The molecule has 1 aromatic rings. The topological polar surface area (TPSA) is 35.4 Å². The van der Waals surface area contributed by atoms with Crippen molar-refractivity contribution in [2.24, 2.45) is 4.99 Å². The molecule has 0 fully saturated rings. The molecule has 0 N–H and O–H groups in total. The quantitative estimate of drug-likeness (QED) is 0.504. The second kappa shape index (κ2) is 2.94.